The van der Waals surface area contributed by atoms with Crippen molar-refractivity contribution in [3.8, 4) is 0 Å². The summed E-state index contributed by atoms with van der Waals surface area (Å²) in [6, 6.07) is 0. The van der Waals surface area contributed by atoms with Crippen LogP contribution in [0.15, 0.2) is 0 Å². The van der Waals surface area contributed by atoms with Crippen molar-refractivity contribution in [1.82, 2.24) is 0 Å². The van der Waals surface area contributed by atoms with Crippen molar-refractivity contribution in [3.63, 3.8) is 0 Å². The van der Waals surface area contributed by atoms with Gasteiger partial charge in [0.1, 0.15) is 0 Å². The second-order valence-corrected chi connectivity index (χ2v) is 4.06. The zero-order valence-corrected chi connectivity index (χ0v) is 9.16. The molecule has 1 saturated heterocycles. The number of hydrogen-bond donors (Lipinski definition) is 1. The molecule has 2 atom stereocenters. The summed E-state index contributed by atoms with van der Waals surface area (Å²) >= 11 is 0. The van der Waals surface area contributed by atoms with Crippen molar-refractivity contribution in [2.75, 3.05) is 19.6 Å². The van der Waals surface area contributed by atoms with Gasteiger partial charge in [-0.2, -0.15) is 0 Å². The molecule has 2 heteroatoms. The Morgan fingerprint density at radius 3 is 2.58 bits per heavy atom. The molecular formula is C10H22ClN. The zero-order chi connectivity index (χ0) is 8.10. The molecular weight excluding hydrogens is 170 g/mol. The molecule has 2 unspecified atom stereocenters. The fraction of sp³-hybridized carbons (Fsp3) is 1.00. The number of hydrogen-bond acceptors (Lipinski definition) is 0. The molecule has 1 N–H and O–H groups in total. The summed E-state index contributed by atoms with van der Waals surface area (Å²) in [5, 5.41) is 0. The third kappa shape index (κ3) is 4.32. The molecule has 74 valence electrons. The first-order valence-corrected chi connectivity index (χ1v) is 5.16. The summed E-state index contributed by atoms with van der Waals surface area (Å²) in [6.07, 6.45) is 5.70. The number of nitrogens with one attached hydrogen (secondary N) is 1. The van der Waals surface area contributed by atoms with Crippen molar-refractivity contribution < 1.29 is 17.3 Å². The number of halogens is 1. The van der Waals surface area contributed by atoms with Crippen molar-refractivity contribution >= 4 is 0 Å². The van der Waals surface area contributed by atoms with Crippen LogP contribution in [-0.2, 0) is 0 Å². The van der Waals surface area contributed by atoms with Crippen LogP contribution in [0.2, 0.25) is 0 Å². The SMILES string of the molecule is CCCCC[NH+]1CCC(C)C1.[Cl-]. The fourth-order valence-corrected chi connectivity index (χ4v) is 2.00. The molecule has 0 aromatic carbocycles. The molecule has 1 heterocycles. The number of rotatable bonds is 4. The first kappa shape index (κ1) is 12.2. The van der Waals surface area contributed by atoms with E-state index < -0.39 is 0 Å². The lowest BCUT2D eigenvalue weighted by molar-refractivity contribution is -0.889. The molecule has 0 spiro atoms. The van der Waals surface area contributed by atoms with Crippen molar-refractivity contribution in [2.45, 2.75) is 39.5 Å². The van der Waals surface area contributed by atoms with Gasteiger partial charge >= 0.3 is 0 Å². The molecule has 0 aromatic heterocycles. The summed E-state index contributed by atoms with van der Waals surface area (Å²) in [4.78, 5) is 1.85. The van der Waals surface area contributed by atoms with E-state index in [0.29, 0.717) is 0 Å². The van der Waals surface area contributed by atoms with Crippen LogP contribution in [0, 0.1) is 5.92 Å². The Morgan fingerprint density at radius 2 is 2.08 bits per heavy atom. The Labute approximate surface area is 82.9 Å². The van der Waals surface area contributed by atoms with Gasteiger partial charge in [0.25, 0.3) is 0 Å². The Morgan fingerprint density at radius 1 is 1.33 bits per heavy atom. The van der Waals surface area contributed by atoms with Crippen LogP contribution in [0.4, 0.5) is 0 Å². The molecule has 0 aliphatic carbocycles. The van der Waals surface area contributed by atoms with E-state index in [9.17, 15) is 0 Å². The largest absolute Gasteiger partial charge is 1.00 e. The van der Waals surface area contributed by atoms with Gasteiger partial charge in [0.05, 0.1) is 19.6 Å². The average Bonchev–Trinajstić information content (AvgIpc) is 2.37. The molecule has 0 amide bonds. The third-order valence-electron chi connectivity index (χ3n) is 2.76. The molecule has 0 bridgehead atoms. The molecule has 0 aromatic rings. The molecule has 1 fully saturated rings. The fourth-order valence-electron chi connectivity index (χ4n) is 2.00. The summed E-state index contributed by atoms with van der Waals surface area (Å²) < 4.78 is 0. The van der Waals surface area contributed by atoms with Gasteiger partial charge in [0.2, 0.25) is 0 Å². The van der Waals surface area contributed by atoms with Crippen molar-refractivity contribution in [1.29, 1.82) is 0 Å². The Hall–Kier alpha value is 0.250. The van der Waals surface area contributed by atoms with Crippen molar-refractivity contribution in [2.24, 2.45) is 5.92 Å². The monoisotopic (exact) mass is 191 g/mol. The van der Waals surface area contributed by atoms with E-state index in [1.807, 2.05) is 4.90 Å². The molecule has 1 nitrogen and oxygen atoms in total. The average molecular weight is 192 g/mol. The lowest BCUT2D eigenvalue weighted by atomic mass is 10.2. The van der Waals surface area contributed by atoms with E-state index in [4.69, 9.17) is 0 Å². The van der Waals surface area contributed by atoms with Crippen LogP contribution < -0.4 is 17.3 Å². The van der Waals surface area contributed by atoms with E-state index in [1.54, 1.807) is 0 Å². The van der Waals surface area contributed by atoms with E-state index >= 15 is 0 Å². The summed E-state index contributed by atoms with van der Waals surface area (Å²) in [7, 11) is 0. The maximum Gasteiger partial charge on any atom is 0.0799 e. The van der Waals surface area contributed by atoms with Crippen LogP contribution in [0.5, 0.6) is 0 Å². The van der Waals surface area contributed by atoms with Crippen molar-refractivity contribution in [3.05, 3.63) is 0 Å². The number of quaternary nitrogens is 1. The van der Waals surface area contributed by atoms with Crippen LogP contribution >= 0.6 is 0 Å². The van der Waals surface area contributed by atoms with Crippen LogP contribution in [0.1, 0.15) is 39.5 Å². The highest BCUT2D eigenvalue weighted by molar-refractivity contribution is 4.55. The second-order valence-electron chi connectivity index (χ2n) is 4.06. The topological polar surface area (TPSA) is 4.44 Å². The number of likely N-dealkylation sites (tertiary alicyclic amines) is 1. The Bertz CT molecular complexity index is 106. The van der Waals surface area contributed by atoms with E-state index in [-0.39, 0.29) is 12.4 Å². The molecule has 1 aliphatic rings. The normalized spacial score (nSPS) is 28.5. The highest BCUT2D eigenvalue weighted by Gasteiger charge is 2.21. The predicted octanol–water partition coefficient (Wildman–Crippen LogP) is -1.89. The summed E-state index contributed by atoms with van der Waals surface area (Å²) in [5.41, 5.74) is 0. The van der Waals surface area contributed by atoms with Gasteiger partial charge in [-0.3, -0.25) is 0 Å². The Balaban J connectivity index is 0.00000121. The Kier molecular flexibility index (Phi) is 6.87. The lowest BCUT2D eigenvalue weighted by Gasteiger charge is -2.11. The second kappa shape index (κ2) is 6.73. The highest BCUT2D eigenvalue weighted by atomic mass is 35.5. The van der Waals surface area contributed by atoms with Crippen LogP contribution in [0.25, 0.3) is 0 Å². The zero-order valence-electron chi connectivity index (χ0n) is 8.41. The predicted molar refractivity (Wildman–Crippen MR) is 48.9 cm³/mol. The minimum Gasteiger partial charge on any atom is -1.00 e. The minimum absolute atomic E-state index is 0. The van der Waals surface area contributed by atoms with Crippen LogP contribution in [-0.4, -0.2) is 19.6 Å². The van der Waals surface area contributed by atoms with Crippen LogP contribution in [0.3, 0.4) is 0 Å². The van der Waals surface area contributed by atoms with Gasteiger partial charge in [-0.15, -0.1) is 0 Å². The van der Waals surface area contributed by atoms with E-state index in [1.165, 1.54) is 45.3 Å². The van der Waals surface area contributed by atoms with E-state index in [2.05, 4.69) is 13.8 Å². The van der Waals surface area contributed by atoms with Gasteiger partial charge in [-0.05, 0) is 12.8 Å². The standard InChI is InChI=1S/C10H21N.ClH/c1-3-4-5-7-11-8-6-10(2)9-11;/h10H,3-9H2,1-2H3;1H. The molecule has 0 radical (unpaired) electrons. The molecule has 0 saturated carbocycles. The van der Waals surface area contributed by atoms with Gasteiger partial charge in [0, 0.05) is 12.3 Å². The highest BCUT2D eigenvalue weighted by Crippen LogP contribution is 2.01. The third-order valence-corrected chi connectivity index (χ3v) is 2.76. The smallest absolute Gasteiger partial charge is 0.0799 e. The maximum atomic E-state index is 2.38. The van der Waals surface area contributed by atoms with Gasteiger partial charge in [-0.1, -0.05) is 20.3 Å². The molecule has 1 aliphatic heterocycles. The number of unbranched alkanes of at least 4 members (excludes halogenated alkanes) is 2. The molecule has 12 heavy (non-hydrogen) atoms. The first-order valence-electron chi connectivity index (χ1n) is 5.16. The summed E-state index contributed by atoms with van der Waals surface area (Å²) in [6.45, 7) is 8.96. The van der Waals surface area contributed by atoms with Gasteiger partial charge < -0.3 is 17.3 Å². The first-order chi connectivity index (χ1) is 5.33. The van der Waals surface area contributed by atoms with E-state index in [0.717, 1.165) is 5.92 Å². The summed E-state index contributed by atoms with van der Waals surface area (Å²) in [5.74, 6) is 0.992. The van der Waals surface area contributed by atoms with Gasteiger partial charge in [0.15, 0.2) is 0 Å². The maximum absolute atomic E-state index is 2.38. The van der Waals surface area contributed by atoms with Gasteiger partial charge in [-0.25, -0.2) is 0 Å². The minimum atomic E-state index is 0. The lowest BCUT2D eigenvalue weighted by Crippen LogP contribution is -3.10. The quantitative estimate of drug-likeness (QED) is 0.496. The molecule has 1 rings (SSSR count).